The van der Waals surface area contributed by atoms with Gasteiger partial charge in [0.25, 0.3) is 5.91 Å². The monoisotopic (exact) mass is 442 g/mol. The fraction of sp³-hybridized carbons (Fsp3) is 0.769. The van der Waals surface area contributed by atoms with Crippen LogP contribution in [0.15, 0.2) is 12.1 Å². The molecule has 3 saturated carbocycles. The lowest BCUT2D eigenvalue weighted by atomic mass is 9.47. The van der Waals surface area contributed by atoms with Crippen LogP contribution in [0.1, 0.15) is 79.8 Å². The third-order valence-electron chi connectivity index (χ3n) is 10.2. The summed E-state index contributed by atoms with van der Waals surface area (Å²) in [5, 5.41) is 3.28. The number of carbonyl (C=O) groups excluding carboxylic acids is 2. The number of thiophene rings is 1. The Morgan fingerprint density at radius 2 is 1.87 bits per heavy atom. The smallest absolute Gasteiger partial charge is 0.261 e. The molecule has 31 heavy (non-hydrogen) atoms. The van der Waals surface area contributed by atoms with Gasteiger partial charge in [-0.1, -0.05) is 13.8 Å². The minimum Gasteiger partial charge on any atom is -0.351 e. The SMILES string of the molecule is Cc1ccc(C(=O)NCC2CC[C@H]3[C@@H]4CC[C@H]5N(C)C(=O)CC[C@]5(C)[C@H]4CC[C@]23C)s1. The number of aryl methyl sites for hydroxylation is 1. The van der Waals surface area contributed by atoms with Crippen molar-refractivity contribution in [3.63, 3.8) is 0 Å². The Kier molecular flexibility index (Phi) is 5.27. The maximum Gasteiger partial charge on any atom is 0.261 e. The Balaban J connectivity index is 1.29. The highest BCUT2D eigenvalue weighted by Gasteiger charge is 2.60. The maximum atomic E-state index is 12.6. The van der Waals surface area contributed by atoms with Crippen LogP contribution >= 0.6 is 11.3 Å². The zero-order valence-electron chi connectivity index (χ0n) is 19.6. The van der Waals surface area contributed by atoms with E-state index in [0.29, 0.717) is 23.3 Å². The normalized spacial score (nSPS) is 42.0. The Hall–Kier alpha value is -1.36. The Bertz CT molecular complexity index is 881. The summed E-state index contributed by atoms with van der Waals surface area (Å²) in [7, 11) is 2.04. The largest absolute Gasteiger partial charge is 0.351 e. The molecule has 0 bridgehead atoms. The van der Waals surface area contributed by atoms with E-state index in [0.717, 1.165) is 42.0 Å². The summed E-state index contributed by atoms with van der Waals surface area (Å²) in [5.74, 6) is 3.35. The predicted octanol–water partition coefficient (Wildman–Crippen LogP) is 5.27. The summed E-state index contributed by atoms with van der Waals surface area (Å²) in [4.78, 5) is 29.1. The van der Waals surface area contributed by atoms with Crippen molar-refractivity contribution in [1.82, 2.24) is 10.2 Å². The van der Waals surface area contributed by atoms with Crippen LogP contribution in [-0.4, -0.2) is 36.3 Å². The minimum atomic E-state index is 0.0989. The first-order chi connectivity index (χ1) is 14.7. The van der Waals surface area contributed by atoms with Crippen molar-refractivity contribution in [3.8, 4) is 0 Å². The topological polar surface area (TPSA) is 49.4 Å². The number of nitrogens with one attached hydrogen (secondary N) is 1. The number of piperidine rings is 1. The molecular weight excluding hydrogens is 404 g/mol. The first-order valence-electron chi connectivity index (χ1n) is 12.3. The molecule has 7 atom stereocenters. The van der Waals surface area contributed by atoms with Gasteiger partial charge in [0.15, 0.2) is 0 Å². The lowest BCUT2D eigenvalue weighted by molar-refractivity contribution is -0.158. The number of amides is 2. The number of fused-ring (bicyclic) bond motifs is 5. The van der Waals surface area contributed by atoms with Crippen LogP contribution in [-0.2, 0) is 4.79 Å². The lowest BCUT2D eigenvalue weighted by Gasteiger charge is -2.61. The quantitative estimate of drug-likeness (QED) is 0.694. The number of rotatable bonds is 3. The number of hydrogen-bond donors (Lipinski definition) is 1. The standard InChI is InChI=1S/C26H38N2O2S/c1-16-5-9-21(31-16)24(30)27-15-17-6-8-19-18-7-10-22-26(3,14-12-23(29)28(22)4)20(18)11-13-25(17,19)2/h5,9,17-20,22H,6-8,10-15H2,1-4H3,(H,27,30)/t17?,18-,19-,20-,22+,25+,26+/m0/s1. The summed E-state index contributed by atoms with van der Waals surface area (Å²) in [6.45, 7) is 7.89. The van der Waals surface area contributed by atoms with Crippen molar-refractivity contribution in [3.05, 3.63) is 21.9 Å². The summed E-state index contributed by atoms with van der Waals surface area (Å²) in [6.07, 6.45) is 9.37. The number of hydrogen-bond acceptors (Lipinski definition) is 3. The van der Waals surface area contributed by atoms with Gasteiger partial charge in [-0.25, -0.2) is 0 Å². The van der Waals surface area contributed by atoms with E-state index in [1.807, 2.05) is 19.2 Å². The molecule has 1 saturated heterocycles. The van der Waals surface area contributed by atoms with Crippen molar-refractivity contribution in [2.75, 3.05) is 13.6 Å². The highest BCUT2D eigenvalue weighted by atomic mass is 32.1. The summed E-state index contributed by atoms with van der Waals surface area (Å²) in [6, 6.07) is 4.41. The van der Waals surface area contributed by atoms with E-state index >= 15 is 0 Å². The van der Waals surface area contributed by atoms with Gasteiger partial charge in [-0.15, -0.1) is 11.3 Å². The number of likely N-dealkylation sites (tertiary alicyclic amines) is 1. The van der Waals surface area contributed by atoms with E-state index in [9.17, 15) is 9.59 Å². The average Bonchev–Trinajstić information content (AvgIpc) is 3.32. The molecule has 1 N–H and O–H groups in total. The number of carbonyl (C=O) groups is 2. The summed E-state index contributed by atoms with van der Waals surface area (Å²) < 4.78 is 0. The van der Waals surface area contributed by atoms with E-state index in [-0.39, 0.29) is 11.3 Å². The van der Waals surface area contributed by atoms with Crippen LogP contribution in [0.25, 0.3) is 0 Å². The Labute approximate surface area is 191 Å². The van der Waals surface area contributed by atoms with Gasteiger partial charge in [0.2, 0.25) is 5.91 Å². The van der Waals surface area contributed by atoms with E-state index in [1.165, 1.54) is 43.4 Å². The van der Waals surface area contributed by atoms with Crippen LogP contribution in [0.2, 0.25) is 0 Å². The molecule has 0 aromatic carbocycles. The van der Waals surface area contributed by atoms with Gasteiger partial charge in [0, 0.05) is 30.9 Å². The molecule has 1 unspecified atom stereocenters. The molecule has 3 aliphatic carbocycles. The molecule has 5 rings (SSSR count). The molecular formula is C26H38N2O2S. The van der Waals surface area contributed by atoms with E-state index in [4.69, 9.17) is 0 Å². The molecule has 4 aliphatic rings. The molecule has 170 valence electrons. The minimum absolute atomic E-state index is 0.0989. The van der Waals surface area contributed by atoms with Crippen molar-refractivity contribution in [1.29, 1.82) is 0 Å². The number of nitrogens with zero attached hydrogens (tertiary/aromatic N) is 1. The van der Waals surface area contributed by atoms with E-state index in [1.54, 1.807) is 11.3 Å². The fourth-order valence-electron chi connectivity index (χ4n) is 8.45. The fourth-order valence-corrected chi connectivity index (χ4v) is 9.24. The molecule has 4 fully saturated rings. The molecule has 4 nitrogen and oxygen atoms in total. The van der Waals surface area contributed by atoms with Crippen LogP contribution < -0.4 is 5.32 Å². The lowest BCUT2D eigenvalue weighted by Crippen LogP contribution is -2.61. The Morgan fingerprint density at radius 1 is 1.10 bits per heavy atom. The highest BCUT2D eigenvalue weighted by Crippen LogP contribution is 2.66. The van der Waals surface area contributed by atoms with Crippen molar-refractivity contribution in [2.24, 2.45) is 34.5 Å². The van der Waals surface area contributed by atoms with Crippen LogP contribution in [0, 0.1) is 41.4 Å². The van der Waals surface area contributed by atoms with Gasteiger partial charge in [-0.05, 0) is 98.5 Å². The van der Waals surface area contributed by atoms with Crippen molar-refractivity contribution in [2.45, 2.75) is 78.2 Å². The van der Waals surface area contributed by atoms with Gasteiger partial charge in [-0.2, -0.15) is 0 Å². The molecule has 0 radical (unpaired) electrons. The van der Waals surface area contributed by atoms with E-state index < -0.39 is 0 Å². The molecule has 1 aromatic heterocycles. The highest BCUT2D eigenvalue weighted by molar-refractivity contribution is 7.13. The third-order valence-corrected chi connectivity index (χ3v) is 11.2. The van der Waals surface area contributed by atoms with Crippen LogP contribution in [0.4, 0.5) is 0 Å². The van der Waals surface area contributed by atoms with Crippen molar-refractivity contribution < 1.29 is 9.59 Å². The third kappa shape index (κ3) is 3.29. The van der Waals surface area contributed by atoms with Crippen LogP contribution in [0.3, 0.4) is 0 Å². The van der Waals surface area contributed by atoms with Gasteiger partial charge < -0.3 is 10.2 Å². The second-order valence-corrected chi connectivity index (χ2v) is 12.7. The van der Waals surface area contributed by atoms with E-state index in [2.05, 4.69) is 31.0 Å². The van der Waals surface area contributed by atoms with Gasteiger partial charge in [0.05, 0.1) is 4.88 Å². The molecule has 2 amide bonds. The predicted molar refractivity (Wildman–Crippen MR) is 125 cm³/mol. The van der Waals surface area contributed by atoms with Gasteiger partial charge >= 0.3 is 0 Å². The average molecular weight is 443 g/mol. The summed E-state index contributed by atoms with van der Waals surface area (Å²) >= 11 is 1.59. The zero-order chi connectivity index (χ0) is 22.0. The van der Waals surface area contributed by atoms with Gasteiger partial charge in [-0.3, -0.25) is 9.59 Å². The molecule has 1 aromatic rings. The molecule has 2 heterocycles. The Morgan fingerprint density at radius 3 is 2.61 bits per heavy atom. The second-order valence-electron chi connectivity index (χ2n) is 11.4. The molecule has 0 spiro atoms. The second kappa shape index (κ2) is 7.60. The zero-order valence-corrected chi connectivity index (χ0v) is 20.4. The summed E-state index contributed by atoms with van der Waals surface area (Å²) in [5.41, 5.74) is 0.635. The maximum absolute atomic E-state index is 12.6. The van der Waals surface area contributed by atoms with Crippen LogP contribution in [0.5, 0.6) is 0 Å². The van der Waals surface area contributed by atoms with Gasteiger partial charge in [0.1, 0.15) is 0 Å². The first-order valence-corrected chi connectivity index (χ1v) is 13.2. The van der Waals surface area contributed by atoms with Crippen molar-refractivity contribution >= 4 is 23.2 Å². The first kappa shape index (κ1) is 21.5. The molecule has 1 aliphatic heterocycles. The molecule has 5 heteroatoms.